The van der Waals surface area contributed by atoms with Gasteiger partial charge >= 0.3 is 0 Å². The minimum absolute atomic E-state index is 0.0212. The largest absolute Gasteiger partial charge is 0.352 e. The van der Waals surface area contributed by atoms with Crippen molar-refractivity contribution in [1.29, 1.82) is 0 Å². The molecular formula is C23H30ClN3O5S. The number of benzene rings is 2. The highest BCUT2D eigenvalue weighted by molar-refractivity contribution is 7.92. The number of carbonyl (C=O) groups is 1. The zero-order valence-electron chi connectivity index (χ0n) is 19.1. The third-order valence-corrected chi connectivity index (χ3v) is 6.89. The van der Waals surface area contributed by atoms with Crippen LogP contribution in [0.3, 0.4) is 0 Å². The third-order valence-electron chi connectivity index (χ3n) is 5.45. The van der Waals surface area contributed by atoms with E-state index in [0.29, 0.717) is 23.6 Å². The molecule has 2 aromatic carbocycles. The summed E-state index contributed by atoms with van der Waals surface area (Å²) in [7, 11) is -3.79. The van der Waals surface area contributed by atoms with Gasteiger partial charge in [0.25, 0.3) is 11.6 Å². The van der Waals surface area contributed by atoms with E-state index >= 15 is 0 Å². The van der Waals surface area contributed by atoms with Gasteiger partial charge in [-0.2, -0.15) is 0 Å². The molecule has 0 aliphatic carbocycles. The monoisotopic (exact) mass is 495 g/mol. The molecule has 2 rings (SSSR count). The van der Waals surface area contributed by atoms with Gasteiger partial charge in [-0.25, -0.2) is 8.42 Å². The Morgan fingerprint density at radius 1 is 1.18 bits per heavy atom. The van der Waals surface area contributed by atoms with Crippen molar-refractivity contribution in [2.45, 2.75) is 46.1 Å². The maximum absolute atomic E-state index is 12.5. The molecule has 0 aliphatic heterocycles. The Morgan fingerprint density at radius 2 is 1.85 bits per heavy atom. The van der Waals surface area contributed by atoms with Crippen LogP contribution in [0.1, 0.15) is 55.5 Å². The van der Waals surface area contributed by atoms with Crippen molar-refractivity contribution in [3.05, 3.63) is 68.7 Å². The molecule has 1 amide bonds. The number of sulfonamides is 1. The smallest absolute Gasteiger partial charge is 0.271 e. The average Bonchev–Trinajstić information content (AvgIpc) is 2.77. The summed E-state index contributed by atoms with van der Waals surface area (Å²) in [5, 5.41) is 14.2. The average molecular weight is 496 g/mol. The fourth-order valence-corrected chi connectivity index (χ4v) is 4.56. The number of hydrogen-bond donors (Lipinski definition) is 1. The van der Waals surface area contributed by atoms with Gasteiger partial charge < -0.3 is 5.32 Å². The van der Waals surface area contributed by atoms with E-state index in [2.05, 4.69) is 19.2 Å². The Hall–Kier alpha value is -2.65. The van der Waals surface area contributed by atoms with Crippen LogP contribution in [0, 0.1) is 16.0 Å². The van der Waals surface area contributed by atoms with E-state index in [9.17, 15) is 23.3 Å². The summed E-state index contributed by atoms with van der Waals surface area (Å²) in [6.07, 6.45) is 5.34. The standard InChI is InChI=1S/C23H30ClN3O5S/c1-4-6-7-17(5-2)15-25-23(28)19-10-8-18(9-11-19)16-26(33(3,31)32)22-14-20(27(29)30)12-13-21(22)24/h8-14,17H,4-7,15-16H2,1-3H3,(H,25,28). The van der Waals surface area contributed by atoms with Crippen molar-refractivity contribution in [3.8, 4) is 0 Å². The first kappa shape index (κ1) is 26.6. The molecule has 0 saturated carbocycles. The van der Waals surface area contributed by atoms with Crippen LogP contribution in [0.4, 0.5) is 11.4 Å². The lowest BCUT2D eigenvalue weighted by Gasteiger charge is -2.23. The predicted molar refractivity (Wildman–Crippen MR) is 131 cm³/mol. The van der Waals surface area contributed by atoms with Crippen molar-refractivity contribution in [3.63, 3.8) is 0 Å². The minimum atomic E-state index is -3.79. The van der Waals surface area contributed by atoms with Gasteiger partial charge in [0.05, 0.1) is 28.4 Å². The second-order valence-corrected chi connectivity index (χ2v) is 10.3. The van der Waals surface area contributed by atoms with E-state index in [0.717, 1.165) is 42.3 Å². The lowest BCUT2D eigenvalue weighted by Crippen LogP contribution is -2.30. The number of non-ortho nitro benzene ring substituents is 1. The molecule has 0 saturated heterocycles. The van der Waals surface area contributed by atoms with Gasteiger partial charge in [0, 0.05) is 24.2 Å². The van der Waals surface area contributed by atoms with Gasteiger partial charge in [-0.1, -0.05) is 56.8 Å². The fourth-order valence-electron chi connectivity index (χ4n) is 3.40. The van der Waals surface area contributed by atoms with Crippen LogP contribution in [-0.4, -0.2) is 32.0 Å². The number of carbonyl (C=O) groups excluding carboxylic acids is 1. The van der Waals surface area contributed by atoms with Crippen LogP contribution in [0.5, 0.6) is 0 Å². The number of rotatable bonds is 12. The second kappa shape index (κ2) is 12.0. The summed E-state index contributed by atoms with van der Waals surface area (Å²) in [6.45, 7) is 4.79. The zero-order valence-corrected chi connectivity index (χ0v) is 20.7. The zero-order chi connectivity index (χ0) is 24.6. The summed E-state index contributed by atoms with van der Waals surface area (Å²) in [5.74, 6) is 0.259. The Morgan fingerprint density at radius 3 is 2.39 bits per heavy atom. The molecule has 1 N–H and O–H groups in total. The predicted octanol–water partition coefficient (Wildman–Crippen LogP) is 5.16. The summed E-state index contributed by atoms with van der Waals surface area (Å²) >= 11 is 6.16. The molecule has 0 fully saturated rings. The minimum Gasteiger partial charge on any atom is -0.352 e. The van der Waals surface area contributed by atoms with Crippen molar-refractivity contribution in [2.24, 2.45) is 5.92 Å². The Balaban J connectivity index is 2.16. The number of halogens is 1. The van der Waals surface area contributed by atoms with Gasteiger partial charge in [0.1, 0.15) is 0 Å². The number of nitrogens with zero attached hydrogens (tertiary/aromatic N) is 2. The molecule has 0 heterocycles. The third kappa shape index (κ3) is 7.71. The Kier molecular flexibility index (Phi) is 9.67. The fraction of sp³-hybridized carbons (Fsp3) is 0.435. The summed E-state index contributed by atoms with van der Waals surface area (Å²) in [6, 6.07) is 10.2. The first-order chi connectivity index (χ1) is 15.6. The van der Waals surface area contributed by atoms with Gasteiger partial charge in [0.2, 0.25) is 10.0 Å². The quantitative estimate of drug-likeness (QED) is 0.323. The van der Waals surface area contributed by atoms with Gasteiger partial charge in [0.15, 0.2) is 0 Å². The number of anilines is 1. The van der Waals surface area contributed by atoms with Crippen molar-refractivity contribution in [1.82, 2.24) is 5.32 Å². The molecule has 2 aromatic rings. The molecule has 180 valence electrons. The molecule has 0 bridgehead atoms. The maximum atomic E-state index is 12.5. The highest BCUT2D eigenvalue weighted by Crippen LogP contribution is 2.32. The van der Waals surface area contributed by atoms with Crippen molar-refractivity contribution in [2.75, 3.05) is 17.1 Å². The summed E-state index contributed by atoms with van der Waals surface area (Å²) in [4.78, 5) is 23.0. The SMILES string of the molecule is CCCCC(CC)CNC(=O)c1ccc(CN(c2cc([N+](=O)[O-])ccc2Cl)S(C)(=O)=O)cc1. The Bertz CT molecular complexity index is 1070. The molecule has 10 heteroatoms. The first-order valence-corrected chi connectivity index (χ1v) is 13.1. The Labute approximate surface area is 200 Å². The molecule has 1 atom stereocenters. The molecule has 0 aromatic heterocycles. The summed E-state index contributed by atoms with van der Waals surface area (Å²) in [5.41, 5.74) is 0.838. The number of unbranched alkanes of at least 4 members (excludes halogenated alkanes) is 1. The van der Waals surface area contributed by atoms with Gasteiger partial charge in [-0.15, -0.1) is 0 Å². The van der Waals surface area contributed by atoms with Gasteiger partial charge in [-0.3, -0.25) is 19.2 Å². The van der Waals surface area contributed by atoms with Crippen LogP contribution in [0.25, 0.3) is 0 Å². The molecule has 0 aliphatic rings. The van der Waals surface area contributed by atoms with Crippen LogP contribution in [0.2, 0.25) is 5.02 Å². The van der Waals surface area contributed by atoms with E-state index in [1.807, 2.05) is 0 Å². The normalized spacial score (nSPS) is 12.2. The molecule has 8 nitrogen and oxygen atoms in total. The molecule has 33 heavy (non-hydrogen) atoms. The van der Waals surface area contributed by atoms with E-state index in [4.69, 9.17) is 11.6 Å². The van der Waals surface area contributed by atoms with Crippen LogP contribution in [-0.2, 0) is 16.6 Å². The van der Waals surface area contributed by atoms with Crippen molar-refractivity contribution < 1.29 is 18.1 Å². The van der Waals surface area contributed by atoms with E-state index < -0.39 is 14.9 Å². The topological polar surface area (TPSA) is 110 Å². The number of hydrogen-bond acceptors (Lipinski definition) is 5. The lowest BCUT2D eigenvalue weighted by atomic mass is 9.99. The molecule has 0 spiro atoms. The molecule has 1 unspecified atom stereocenters. The number of nitro benzene ring substituents is 1. The van der Waals surface area contributed by atoms with Gasteiger partial charge in [-0.05, 0) is 36.1 Å². The second-order valence-electron chi connectivity index (χ2n) is 7.99. The number of nitrogens with one attached hydrogen (secondary N) is 1. The van der Waals surface area contributed by atoms with Crippen molar-refractivity contribution >= 4 is 38.9 Å². The highest BCUT2D eigenvalue weighted by atomic mass is 35.5. The first-order valence-electron chi connectivity index (χ1n) is 10.9. The van der Waals surface area contributed by atoms with Crippen LogP contribution in [0.15, 0.2) is 42.5 Å². The highest BCUT2D eigenvalue weighted by Gasteiger charge is 2.23. The van der Waals surface area contributed by atoms with E-state index in [1.54, 1.807) is 24.3 Å². The lowest BCUT2D eigenvalue weighted by molar-refractivity contribution is -0.384. The summed E-state index contributed by atoms with van der Waals surface area (Å²) < 4.78 is 25.9. The van der Waals surface area contributed by atoms with E-state index in [1.165, 1.54) is 12.1 Å². The number of nitro groups is 1. The van der Waals surface area contributed by atoms with Crippen LogP contribution < -0.4 is 9.62 Å². The molecule has 0 radical (unpaired) electrons. The van der Waals surface area contributed by atoms with E-state index in [-0.39, 0.29) is 28.8 Å². The number of amides is 1. The van der Waals surface area contributed by atoms with Crippen LogP contribution >= 0.6 is 11.6 Å². The maximum Gasteiger partial charge on any atom is 0.271 e. The molecular weight excluding hydrogens is 466 g/mol.